The summed E-state index contributed by atoms with van der Waals surface area (Å²) in [5.41, 5.74) is 8.00. The largest absolute Gasteiger partial charge is 0.405 e. The molecule has 0 spiro atoms. The number of hydrogen-bond acceptors (Lipinski definition) is 4. The summed E-state index contributed by atoms with van der Waals surface area (Å²) in [6.07, 6.45) is 1.92. The molecule has 2 aromatic rings. The van der Waals surface area contributed by atoms with Gasteiger partial charge >= 0.3 is 0 Å². The quantitative estimate of drug-likeness (QED) is 0.248. The van der Waals surface area contributed by atoms with E-state index in [-0.39, 0.29) is 29.1 Å². The summed E-state index contributed by atoms with van der Waals surface area (Å²) in [7, 11) is -1.05. The molecule has 0 N–H and O–H groups in total. The number of hydrogen-bond donors (Lipinski definition) is 0. The van der Waals surface area contributed by atoms with Gasteiger partial charge in [0.25, 0.3) is 8.32 Å². The third-order valence-corrected chi connectivity index (χ3v) is 12.8. The van der Waals surface area contributed by atoms with Crippen molar-refractivity contribution < 1.29 is 14.0 Å². The van der Waals surface area contributed by atoms with Crippen LogP contribution in [0, 0.1) is 0 Å². The summed E-state index contributed by atoms with van der Waals surface area (Å²) in [5.74, 6) is -0.123. The number of benzene rings is 2. The van der Waals surface area contributed by atoms with E-state index in [0.717, 1.165) is 12.8 Å². The zero-order valence-electron chi connectivity index (χ0n) is 21.3. The Labute approximate surface area is 209 Å². The first-order valence-electron chi connectivity index (χ1n) is 12.3. The summed E-state index contributed by atoms with van der Waals surface area (Å²) in [4.78, 5) is 18.5. The van der Waals surface area contributed by atoms with Gasteiger partial charge in [0.1, 0.15) is 5.54 Å². The number of piperidine rings is 1. The summed E-state index contributed by atoms with van der Waals surface area (Å²) in [6, 6.07) is 20.9. The zero-order valence-corrected chi connectivity index (χ0v) is 22.3. The molecule has 2 fully saturated rings. The van der Waals surface area contributed by atoms with Gasteiger partial charge in [-0.2, -0.15) is 0 Å². The van der Waals surface area contributed by atoms with Gasteiger partial charge < -0.3 is 14.1 Å². The lowest BCUT2D eigenvalue weighted by Crippen LogP contribution is -2.68. The highest BCUT2D eigenvalue weighted by Crippen LogP contribution is 2.41. The van der Waals surface area contributed by atoms with Crippen LogP contribution in [-0.4, -0.2) is 56.6 Å². The number of rotatable bonds is 7. The highest BCUT2D eigenvalue weighted by Gasteiger charge is 2.55. The fourth-order valence-corrected chi connectivity index (χ4v) is 10.7. The van der Waals surface area contributed by atoms with E-state index in [4.69, 9.17) is 14.7 Å². The first-order chi connectivity index (χ1) is 16.7. The van der Waals surface area contributed by atoms with Gasteiger partial charge in [0.05, 0.1) is 24.8 Å². The Morgan fingerprint density at radius 3 is 2.14 bits per heavy atom. The molecule has 4 atom stereocenters. The third-order valence-electron chi connectivity index (χ3n) is 7.75. The number of amides is 1. The molecule has 0 aromatic heterocycles. The van der Waals surface area contributed by atoms with Gasteiger partial charge in [-0.3, -0.25) is 4.79 Å². The molecule has 1 amide bonds. The standard InChI is InChI=1S/C27H36N4O3Si/c1-26(2,3)35(21-12-8-6-9-13-21,22-14-10-7-11-15-22)34-19-20-16-17-23-24(33-5)18-27(4,29-30-28)25(32)31(20)23/h6-15,20,23-24H,16-19H2,1-5H3/t20-,23-,24-,27-/m0/s1. The molecule has 7 nitrogen and oxygen atoms in total. The van der Waals surface area contributed by atoms with Crippen LogP contribution in [0.3, 0.4) is 0 Å². The average Bonchev–Trinajstić information content (AvgIpc) is 3.27. The van der Waals surface area contributed by atoms with E-state index in [1.165, 1.54) is 10.4 Å². The molecular formula is C27H36N4O3Si. The van der Waals surface area contributed by atoms with Crippen LogP contribution in [0.15, 0.2) is 65.8 Å². The highest BCUT2D eigenvalue weighted by molar-refractivity contribution is 6.99. The minimum atomic E-state index is -2.72. The van der Waals surface area contributed by atoms with Gasteiger partial charge in [-0.25, -0.2) is 0 Å². The smallest absolute Gasteiger partial charge is 0.261 e. The molecule has 0 unspecified atom stereocenters. The van der Waals surface area contributed by atoms with E-state index in [1.54, 1.807) is 14.0 Å². The molecule has 186 valence electrons. The Kier molecular flexibility index (Phi) is 7.11. The molecule has 2 aromatic carbocycles. The lowest BCUT2D eigenvalue weighted by Gasteiger charge is -2.47. The van der Waals surface area contributed by atoms with E-state index in [1.807, 2.05) is 17.0 Å². The molecule has 4 rings (SSSR count). The van der Waals surface area contributed by atoms with Crippen LogP contribution >= 0.6 is 0 Å². The van der Waals surface area contributed by atoms with Crippen molar-refractivity contribution in [3.8, 4) is 0 Å². The maximum atomic E-state index is 13.6. The maximum absolute atomic E-state index is 13.6. The number of carbonyl (C=O) groups is 1. The van der Waals surface area contributed by atoms with Gasteiger partial charge in [-0.1, -0.05) is 86.5 Å². The molecule has 0 aliphatic carbocycles. The molecule has 2 aliphatic heterocycles. The Hall–Kier alpha value is -2.64. The third kappa shape index (κ3) is 4.40. The number of fused-ring (bicyclic) bond motifs is 1. The monoisotopic (exact) mass is 492 g/mol. The van der Waals surface area contributed by atoms with Crippen molar-refractivity contribution in [2.45, 2.75) is 75.7 Å². The van der Waals surface area contributed by atoms with Gasteiger partial charge in [0.2, 0.25) is 5.91 Å². The van der Waals surface area contributed by atoms with Crippen molar-refractivity contribution in [1.29, 1.82) is 0 Å². The van der Waals surface area contributed by atoms with Crippen LogP contribution in [0.4, 0.5) is 0 Å². The van der Waals surface area contributed by atoms with Crippen LogP contribution in [0.2, 0.25) is 5.04 Å². The minimum Gasteiger partial charge on any atom is -0.405 e. The predicted octanol–water partition coefficient (Wildman–Crippen LogP) is 4.41. The first kappa shape index (κ1) is 25.4. The van der Waals surface area contributed by atoms with E-state index in [0.29, 0.717) is 13.0 Å². The molecule has 2 saturated heterocycles. The SMILES string of the molecule is CO[C@H]1C[C@](C)(N=[N+]=[N-])C(=O)N2[C@H](CO[Si](c3ccccc3)(c3ccccc3)C(C)(C)C)CC[C@@H]12. The van der Waals surface area contributed by atoms with Crippen molar-refractivity contribution in [2.75, 3.05) is 13.7 Å². The van der Waals surface area contributed by atoms with E-state index >= 15 is 0 Å². The number of carbonyl (C=O) groups excluding carboxylic acids is 1. The summed E-state index contributed by atoms with van der Waals surface area (Å²) in [5, 5.41) is 6.20. The summed E-state index contributed by atoms with van der Waals surface area (Å²) >= 11 is 0. The fraction of sp³-hybridized carbons (Fsp3) is 0.519. The molecule has 0 radical (unpaired) electrons. The number of nitrogens with zero attached hydrogens (tertiary/aromatic N) is 4. The Morgan fingerprint density at radius 1 is 1.09 bits per heavy atom. The predicted molar refractivity (Wildman–Crippen MR) is 140 cm³/mol. The van der Waals surface area contributed by atoms with Crippen LogP contribution in [0.1, 0.15) is 47.0 Å². The van der Waals surface area contributed by atoms with E-state index in [9.17, 15) is 4.79 Å². The topological polar surface area (TPSA) is 87.5 Å². The second kappa shape index (κ2) is 9.78. The Morgan fingerprint density at radius 2 is 1.66 bits per heavy atom. The van der Waals surface area contributed by atoms with Gasteiger partial charge in [0.15, 0.2) is 0 Å². The molecule has 8 heteroatoms. The van der Waals surface area contributed by atoms with Gasteiger partial charge in [-0.05, 0) is 47.1 Å². The maximum Gasteiger partial charge on any atom is 0.261 e. The molecule has 35 heavy (non-hydrogen) atoms. The first-order valence-corrected chi connectivity index (χ1v) is 14.3. The zero-order chi connectivity index (χ0) is 25.3. The van der Waals surface area contributed by atoms with E-state index in [2.05, 4.69) is 79.3 Å². The average molecular weight is 493 g/mol. The Bertz CT molecular complexity index is 1050. The Balaban J connectivity index is 1.72. The fourth-order valence-electron chi connectivity index (χ4n) is 6.06. The number of methoxy groups -OCH3 is 1. The van der Waals surface area contributed by atoms with Gasteiger partial charge in [0, 0.05) is 12.0 Å². The lowest BCUT2D eigenvalue weighted by molar-refractivity contribution is -0.152. The van der Waals surface area contributed by atoms with Crippen molar-refractivity contribution >= 4 is 24.6 Å². The van der Waals surface area contributed by atoms with E-state index < -0.39 is 13.9 Å². The number of azide groups is 1. The summed E-state index contributed by atoms with van der Waals surface area (Å²) in [6.45, 7) is 8.90. The highest BCUT2D eigenvalue weighted by atomic mass is 28.4. The van der Waals surface area contributed by atoms with Crippen LogP contribution in [0.5, 0.6) is 0 Å². The molecule has 2 heterocycles. The minimum absolute atomic E-state index is 0.0257. The van der Waals surface area contributed by atoms with Gasteiger partial charge in [-0.15, -0.1) is 0 Å². The van der Waals surface area contributed by atoms with Crippen molar-refractivity contribution in [3.63, 3.8) is 0 Å². The lowest BCUT2D eigenvalue weighted by atomic mass is 9.85. The molecule has 2 aliphatic rings. The molecule has 0 saturated carbocycles. The van der Waals surface area contributed by atoms with Crippen molar-refractivity contribution in [1.82, 2.24) is 4.90 Å². The summed E-state index contributed by atoms with van der Waals surface area (Å²) < 4.78 is 12.9. The van der Waals surface area contributed by atoms with Crippen LogP contribution in [0.25, 0.3) is 10.4 Å². The van der Waals surface area contributed by atoms with Crippen LogP contribution < -0.4 is 10.4 Å². The normalized spacial score (nSPS) is 26.8. The molecular weight excluding hydrogens is 456 g/mol. The number of ether oxygens (including phenoxy) is 1. The van der Waals surface area contributed by atoms with Crippen molar-refractivity contribution in [3.05, 3.63) is 71.1 Å². The van der Waals surface area contributed by atoms with Crippen LogP contribution in [-0.2, 0) is 14.0 Å². The van der Waals surface area contributed by atoms with Crippen molar-refractivity contribution in [2.24, 2.45) is 5.11 Å². The molecule has 0 bridgehead atoms. The second-order valence-corrected chi connectivity index (χ2v) is 15.2. The second-order valence-electron chi connectivity index (χ2n) is 10.9.